The quantitative estimate of drug-likeness (QED) is 0.651. The van der Waals surface area contributed by atoms with Crippen molar-refractivity contribution in [2.45, 2.75) is 19.8 Å². The second-order valence-corrected chi connectivity index (χ2v) is 6.23. The van der Waals surface area contributed by atoms with Crippen LogP contribution in [0, 0.1) is 5.82 Å². The zero-order chi connectivity index (χ0) is 20.5. The van der Waals surface area contributed by atoms with Gasteiger partial charge in [-0.2, -0.15) is 0 Å². The number of amides is 4. The third-order valence-corrected chi connectivity index (χ3v) is 4.17. The molecule has 28 heavy (non-hydrogen) atoms. The second kappa shape index (κ2) is 10.2. The van der Waals surface area contributed by atoms with Crippen molar-refractivity contribution in [1.29, 1.82) is 0 Å². The van der Waals surface area contributed by atoms with Gasteiger partial charge in [0, 0.05) is 45.9 Å². The number of hydrazine groups is 1. The zero-order valence-corrected chi connectivity index (χ0v) is 15.6. The summed E-state index contributed by atoms with van der Waals surface area (Å²) < 4.78 is 17.9. The summed E-state index contributed by atoms with van der Waals surface area (Å²) in [5.74, 6) is -1.40. The molecule has 0 unspecified atom stereocenters. The normalized spacial score (nSPS) is 13.6. The third kappa shape index (κ3) is 6.86. The van der Waals surface area contributed by atoms with E-state index in [-0.39, 0.29) is 31.3 Å². The third-order valence-electron chi connectivity index (χ3n) is 4.17. The maximum atomic E-state index is 12.8. The molecular weight excluding hydrogens is 371 g/mol. The highest BCUT2D eigenvalue weighted by atomic mass is 19.1. The van der Waals surface area contributed by atoms with Gasteiger partial charge in [-0.3, -0.25) is 30.0 Å². The van der Waals surface area contributed by atoms with Crippen LogP contribution in [0.3, 0.4) is 0 Å². The Kier molecular flexibility index (Phi) is 7.73. The van der Waals surface area contributed by atoms with Crippen molar-refractivity contribution in [2.75, 3.05) is 32.8 Å². The molecule has 1 aliphatic heterocycles. The smallest absolute Gasteiger partial charge is 0.276 e. The number of hydrogen-bond donors (Lipinski definition) is 2. The number of ether oxygens (including phenoxy) is 1. The van der Waals surface area contributed by atoms with E-state index in [9.17, 15) is 23.6 Å². The molecule has 1 aromatic carbocycles. The number of benzene rings is 1. The Morgan fingerprint density at radius 1 is 0.929 bits per heavy atom. The lowest BCUT2D eigenvalue weighted by atomic mass is 10.2. The molecule has 9 nitrogen and oxygen atoms in total. The minimum Gasteiger partial charge on any atom is -0.484 e. The molecule has 0 bridgehead atoms. The van der Waals surface area contributed by atoms with E-state index in [1.807, 2.05) is 0 Å². The highest BCUT2D eigenvalue weighted by molar-refractivity contribution is 5.86. The lowest BCUT2D eigenvalue weighted by Gasteiger charge is -2.34. The molecule has 1 saturated heterocycles. The molecule has 1 aromatic rings. The van der Waals surface area contributed by atoms with Crippen LogP contribution in [-0.4, -0.2) is 66.2 Å². The molecular formula is C18H23FN4O5. The molecule has 0 aliphatic carbocycles. The molecule has 0 aromatic heterocycles. The average Bonchev–Trinajstić information content (AvgIpc) is 2.70. The van der Waals surface area contributed by atoms with Crippen molar-refractivity contribution in [3.05, 3.63) is 30.1 Å². The van der Waals surface area contributed by atoms with Crippen molar-refractivity contribution in [3.63, 3.8) is 0 Å². The van der Waals surface area contributed by atoms with E-state index in [0.29, 0.717) is 31.9 Å². The van der Waals surface area contributed by atoms with Crippen LogP contribution in [-0.2, 0) is 19.2 Å². The Balaban J connectivity index is 1.60. The van der Waals surface area contributed by atoms with Crippen LogP contribution < -0.4 is 15.6 Å². The highest BCUT2D eigenvalue weighted by Gasteiger charge is 2.22. The number of hydrogen-bond acceptors (Lipinski definition) is 5. The monoisotopic (exact) mass is 394 g/mol. The first-order valence-corrected chi connectivity index (χ1v) is 8.84. The van der Waals surface area contributed by atoms with Crippen LogP contribution in [0.15, 0.2) is 24.3 Å². The Labute approximate surface area is 161 Å². The molecule has 2 N–H and O–H groups in total. The summed E-state index contributed by atoms with van der Waals surface area (Å²) in [6, 6.07) is 5.16. The summed E-state index contributed by atoms with van der Waals surface area (Å²) in [6.07, 6.45) is -0.0707. The van der Waals surface area contributed by atoms with E-state index < -0.39 is 17.6 Å². The van der Waals surface area contributed by atoms with Crippen molar-refractivity contribution < 1.29 is 28.3 Å². The number of nitrogens with one attached hydrogen (secondary N) is 2. The van der Waals surface area contributed by atoms with E-state index in [4.69, 9.17) is 4.74 Å². The van der Waals surface area contributed by atoms with E-state index in [2.05, 4.69) is 10.9 Å². The van der Waals surface area contributed by atoms with Gasteiger partial charge in [0.25, 0.3) is 5.91 Å². The fourth-order valence-corrected chi connectivity index (χ4v) is 2.57. The number of carbonyl (C=O) groups is 4. The number of nitrogens with zero attached hydrogens (tertiary/aromatic N) is 2. The first kappa shape index (κ1) is 21.1. The van der Waals surface area contributed by atoms with Gasteiger partial charge in [-0.05, 0) is 24.3 Å². The number of rotatable bonds is 6. The minimum atomic E-state index is -0.593. The van der Waals surface area contributed by atoms with Crippen LogP contribution in [0.2, 0.25) is 0 Å². The van der Waals surface area contributed by atoms with E-state index in [0.717, 1.165) is 0 Å². The van der Waals surface area contributed by atoms with Crippen molar-refractivity contribution >= 4 is 23.6 Å². The van der Waals surface area contributed by atoms with Crippen molar-refractivity contribution in [1.82, 2.24) is 20.7 Å². The van der Waals surface area contributed by atoms with Gasteiger partial charge in [0.05, 0.1) is 0 Å². The summed E-state index contributed by atoms with van der Waals surface area (Å²) in [7, 11) is 0. The second-order valence-electron chi connectivity index (χ2n) is 6.23. The van der Waals surface area contributed by atoms with Gasteiger partial charge in [0.1, 0.15) is 11.6 Å². The van der Waals surface area contributed by atoms with Gasteiger partial charge in [-0.1, -0.05) is 0 Å². The molecule has 10 heteroatoms. The molecule has 4 amide bonds. The van der Waals surface area contributed by atoms with Crippen LogP contribution in [0.1, 0.15) is 19.8 Å². The Bertz CT molecular complexity index is 717. The topological polar surface area (TPSA) is 108 Å². The fraction of sp³-hybridized carbons (Fsp3) is 0.444. The van der Waals surface area contributed by atoms with Crippen LogP contribution in [0.25, 0.3) is 0 Å². The van der Waals surface area contributed by atoms with Crippen LogP contribution in [0.5, 0.6) is 5.75 Å². The summed E-state index contributed by atoms with van der Waals surface area (Å²) in [5, 5.41) is 0. The molecule has 2 rings (SSSR count). The van der Waals surface area contributed by atoms with E-state index in [1.54, 1.807) is 9.80 Å². The van der Waals surface area contributed by atoms with Crippen molar-refractivity contribution in [2.24, 2.45) is 0 Å². The first-order valence-electron chi connectivity index (χ1n) is 8.84. The highest BCUT2D eigenvalue weighted by Crippen LogP contribution is 2.10. The maximum Gasteiger partial charge on any atom is 0.276 e. The van der Waals surface area contributed by atoms with E-state index >= 15 is 0 Å². The Hall–Kier alpha value is -3.17. The summed E-state index contributed by atoms with van der Waals surface area (Å²) in [4.78, 5) is 50.0. The van der Waals surface area contributed by atoms with Crippen LogP contribution in [0.4, 0.5) is 4.39 Å². The summed E-state index contributed by atoms with van der Waals surface area (Å²) >= 11 is 0. The lowest BCUT2D eigenvalue weighted by Crippen LogP contribution is -2.50. The molecule has 0 atom stereocenters. The first-order chi connectivity index (χ1) is 13.3. The zero-order valence-electron chi connectivity index (χ0n) is 15.6. The van der Waals surface area contributed by atoms with Crippen molar-refractivity contribution in [3.8, 4) is 5.75 Å². The van der Waals surface area contributed by atoms with Gasteiger partial charge >= 0.3 is 0 Å². The fourth-order valence-electron chi connectivity index (χ4n) is 2.57. The predicted molar refractivity (Wildman–Crippen MR) is 96.2 cm³/mol. The number of piperazine rings is 1. The molecule has 152 valence electrons. The number of carbonyl (C=O) groups excluding carboxylic acids is 4. The lowest BCUT2D eigenvalue weighted by molar-refractivity contribution is -0.139. The van der Waals surface area contributed by atoms with Gasteiger partial charge in [0.15, 0.2) is 6.61 Å². The summed E-state index contributed by atoms with van der Waals surface area (Å²) in [6.45, 7) is 2.98. The molecule has 0 spiro atoms. The molecule has 0 saturated carbocycles. The summed E-state index contributed by atoms with van der Waals surface area (Å²) in [5.41, 5.74) is 4.38. The van der Waals surface area contributed by atoms with E-state index in [1.165, 1.54) is 31.2 Å². The largest absolute Gasteiger partial charge is 0.484 e. The van der Waals surface area contributed by atoms with Gasteiger partial charge in [-0.25, -0.2) is 4.39 Å². The average molecular weight is 394 g/mol. The Morgan fingerprint density at radius 3 is 2.11 bits per heavy atom. The number of halogens is 1. The maximum absolute atomic E-state index is 12.8. The SMILES string of the molecule is CC(=O)N1CCN(C(=O)CCC(=O)NNC(=O)COc2ccc(F)cc2)CC1. The standard InChI is InChI=1S/C18H23FN4O5/c1-13(24)22-8-10-23(11-9-22)18(27)7-6-16(25)20-21-17(26)12-28-15-4-2-14(19)3-5-15/h2-5H,6-12H2,1H3,(H,20,25)(H,21,26). The molecule has 1 aliphatic rings. The minimum absolute atomic E-state index is 0.00779. The predicted octanol–water partition coefficient (Wildman–Crippen LogP) is -0.177. The molecule has 0 radical (unpaired) electrons. The van der Waals surface area contributed by atoms with Crippen LogP contribution >= 0.6 is 0 Å². The van der Waals surface area contributed by atoms with Gasteiger partial charge in [-0.15, -0.1) is 0 Å². The molecule has 1 fully saturated rings. The molecule has 1 heterocycles. The van der Waals surface area contributed by atoms with Gasteiger partial charge < -0.3 is 14.5 Å². The van der Waals surface area contributed by atoms with Gasteiger partial charge in [0.2, 0.25) is 17.7 Å². The Morgan fingerprint density at radius 2 is 1.50 bits per heavy atom.